The van der Waals surface area contributed by atoms with Crippen molar-refractivity contribution < 1.29 is 9.18 Å². The summed E-state index contributed by atoms with van der Waals surface area (Å²) < 4.78 is 12.7. The number of allylic oxidation sites excluding steroid dienone is 2. The van der Waals surface area contributed by atoms with E-state index in [4.69, 9.17) is 0 Å². The maximum atomic E-state index is 12.7. The zero-order valence-electron chi connectivity index (χ0n) is 6.75. The van der Waals surface area contributed by atoms with E-state index in [-0.39, 0.29) is 5.57 Å². The van der Waals surface area contributed by atoms with Gasteiger partial charge in [0.2, 0.25) is 0 Å². The van der Waals surface area contributed by atoms with E-state index in [1.807, 2.05) is 6.07 Å². The molecule has 0 bridgehead atoms. The maximum Gasteiger partial charge on any atom is 0.153 e. The van der Waals surface area contributed by atoms with Crippen LogP contribution in [-0.4, -0.2) is 6.29 Å². The first-order valence-corrected chi connectivity index (χ1v) is 3.62. The summed E-state index contributed by atoms with van der Waals surface area (Å²) in [4.78, 5) is 10.4. The van der Waals surface area contributed by atoms with Crippen molar-refractivity contribution in [2.75, 3.05) is 0 Å². The number of carbonyl (C=O) groups is 1. The number of hydrogen-bond donors (Lipinski definition) is 0. The van der Waals surface area contributed by atoms with Crippen LogP contribution in [0.1, 0.15) is 12.5 Å². The van der Waals surface area contributed by atoms with Crippen LogP contribution in [0.25, 0.3) is 5.57 Å². The molecule has 0 amide bonds. The van der Waals surface area contributed by atoms with Crippen LogP contribution in [0.15, 0.2) is 36.2 Å². The van der Waals surface area contributed by atoms with Crippen molar-refractivity contribution in [1.29, 1.82) is 0 Å². The second kappa shape index (κ2) is 3.81. The Morgan fingerprint density at radius 1 is 1.33 bits per heavy atom. The average molecular weight is 164 g/mol. The SMILES string of the molecule is CC(F)=C(C=O)c1ccccc1. The fraction of sp³-hybridized carbons (Fsp3) is 0.100. The van der Waals surface area contributed by atoms with E-state index in [0.29, 0.717) is 11.8 Å². The zero-order valence-corrected chi connectivity index (χ0v) is 6.75. The largest absolute Gasteiger partial charge is 0.298 e. The van der Waals surface area contributed by atoms with Crippen LogP contribution in [0.3, 0.4) is 0 Å². The molecule has 12 heavy (non-hydrogen) atoms. The Balaban J connectivity index is 3.14. The van der Waals surface area contributed by atoms with Crippen molar-refractivity contribution in [3.05, 3.63) is 41.7 Å². The van der Waals surface area contributed by atoms with Gasteiger partial charge in [-0.25, -0.2) is 4.39 Å². The predicted octanol–water partition coefficient (Wildman–Crippen LogP) is 2.59. The summed E-state index contributed by atoms with van der Waals surface area (Å²) in [5.41, 5.74) is 0.739. The third-order valence-corrected chi connectivity index (χ3v) is 1.57. The summed E-state index contributed by atoms with van der Waals surface area (Å²) >= 11 is 0. The van der Waals surface area contributed by atoms with E-state index in [2.05, 4.69) is 0 Å². The third-order valence-electron chi connectivity index (χ3n) is 1.57. The molecular weight excluding hydrogens is 155 g/mol. The van der Waals surface area contributed by atoms with Gasteiger partial charge >= 0.3 is 0 Å². The summed E-state index contributed by atoms with van der Waals surface area (Å²) in [5.74, 6) is -0.448. The third kappa shape index (κ3) is 1.78. The van der Waals surface area contributed by atoms with Gasteiger partial charge in [0.25, 0.3) is 0 Å². The molecule has 1 nitrogen and oxygen atoms in total. The number of aldehydes is 1. The molecule has 2 heteroatoms. The Morgan fingerprint density at radius 2 is 1.92 bits per heavy atom. The average Bonchev–Trinajstić information content (AvgIpc) is 2.07. The van der Waals surface area contributed by atoms with E-state index in [1.165, 1.54) is 6.92 Å². The summed E-state index contributed by atoms with van der Waals surface area (Å²) in [7, 11) is 0. The highest BCUT2D eigenvalue weighted by Crippen LogP contribution is 2.16. The Kier molecular flexibility index (Phi) is 2.75. The first kappa shape index (κ1) is 8.65. The monoisotopic (exact) mass is 164 g/mol. The van der Waals surface area contributed by atoms with Crippen LogP contribution in [0, 0.1) is 0 Å². The molecule has 0 unspecified atom stereocenters. The fourth-order valence-corrected chi connectivity index (χ4v) is 0.966. The molecule has 0 aliphatic heterocycles. The van der Waals surface area contributed by atoms with Crippen LogP contribution in [0.4, 0.5) is 4.39 Å². The number of halogens is 1. The highest BCUT2D eigenvalue weighted by atomic mass is 19.1. The van der Waals surface area contributed by atoms with Gasteiger partial charge in [-0.3, -0.25) is 4.79 Å². The second-order valence-corrected chi connectivity index (χ2v) is 2.43. The number of rotatable bonds is 2. The Morgan fingerprint density at radius 3 is 2.33 bits per heavy atom. The lowest BCUT2D eigenvalue weighted by molar-refractivity contribution is -0.103. The number of carbonyl (C=O) groups excluding carboxylic acids is 1. The Bertz CT molecular complexity index is 297. The van der Waals surface area contributed by atoms with E-state index in [1.54, 1.807) is 24.3 Å². The Hall–Kier alpha value is -1.44. The number of hydrogen-bond acceptors (Lipinski definition) is 1. The van der Waals surface area contributed by atoms with Crippen molar-refractivity contribution in [3.63, 3.8) is 0 Å². The molecule has 0 saturated heterocycles. The van der Waals surface area contributed by atoms with Gasteiger partial charge in [-0.05, 0) is 12.5 Å². The first-order valence-electron chi connectivity index (χ1n) is 3.62. The maximum absolute atomic E-state index is 12.7. The molecule has 62 valence electrons. The molecule has 0 fully saturated rings. The minimum atomic E-state index is -0.448. The van der Waals surface area contributed by atoms with Crippen molar-refractivity contribution in [2.45, 2.75) is 6.92 Å². The Labute approximate surface area is 70.5 Å². The van der Waals surface area contributed by atoms with Gasteiger partial charge in [0, 0.05) is 0 Å². The summed E-state index contributed by atoms with van der Waals surface area (Å²) in [6, 6.07) is 8.75. The summed E-state index contributed by atoms with van der Waals surface area (Å²) in [5, 5.41) is 0. The predicted molar refractivity (Wildman–Crippen MR) is 46.2 cm³/mol. The molecular formula is C10H9FO. The summed E-state index contributed by atoms with van der Waals surface area (Å²) in [6.07, 6.45) is 0.532. The molecule has 0 spiro atoms. The smallest absolute Gasteiger partial charge is 0.153 e. The van der Waals surface area contributed by atoms with Crippen LogP contribution in [0.2, 0.25) is 0 Å². The van der Waals surface area contributed by atoms with Gasteiger partial charge < -0.3 is 0 Å². The minimum Gasteiger partial charge on any atom is -0.298 e. The number of benzene rings is 1. The minimum absolute atomic E-state index is 0.121. The molecule has 1 aromatic carbocycles. The van der Waals surface area contributed by atoms with E-state index >= 15 is 0 Å². The van der Waals surface area contributed by atoms with Crippen molar-refractivity contribution >= 4 is 11.9 Å². The van der Waals surface area contributed by atoms with Gasteiger partial charge in [0.1, 0.15) is 5.83 Å². The molecule has 0 atom stereocenters. The van der Waals surface area contributed by atoms with Crippen molar-refractivity contribution in [3.8, 4) is 0 Å². The van der Waals surface area contributed by atoms with Crippen LogP contribution in [0.5, 0.6) is 0 Å². The highest BCUT2D eigenvalue weighted by Gasteiger charge is 2.02. The van der Waals surface area contributed by atoms with Gasteiger partial charge in [-0.2, -0.15) is 0 Å². The lowest BCUT2D eigenvalue weighted by Gasteiger charge is -1.98. The molecule has 0 aromatic heterocycles. The van der Waals surface area contributed by atoms with Gasteiger partial charge in [-0.1, -0.05) is 30.3 Å². The first-order chi connectivity index (χ1) is 5.75. The molecule has 1 rings (SSSR count). The van der Waals surface area contributed by atoms with Gasteiger partial charge in [0.05, 0.1) is 5.57 Å². The molecule has 0 N–H and O–H groups in total. The molecule has 0 aliphatic rings. The fourth-order valence-electron chi connectivity index (χ4n) is 0.966. The highest BCUT2D eigenvalue weighted by molar-refractivity contribution is 6.07. The zero-order chi connectivity index (χ0) is 8.97. The van der Waals surface area contributed by atoms with Crippen LogP contribution < -0.4 is 0 Å². The van der Waals surface area contributed by atoms with Gasteiger partial charge in [-0.15, -0.1) is 0 Å². The second-order valence-electron chi connectivity index (χ2n) is 2.43. The molecule has 0 radical (unpaired) electrons. The quantitative estimate of drug-likeness (QED) is 0.485. The summed E-state index contributed by atoms with van der Waals surface area (Å²) in [6.45, 7) is 1.27. The molecule has 1 aromatic rings. The van der Waals surface area contributed by atoms with Gasteiger partial charge in [0.15, 0.2) is 6.29 Å². The van der Waals surface area contributed by atoms with Crippen molar-refractivity contribution in [1.82, 2.24) is 0 Å². The van der Waals surface area contributed by atoms with Crippen LogP contribution >= 0.6 is 0 Å². The van der Waals surface area contributed by atoms with Crippen molar-refractivity contribution in [2.24, 2.45) is 0 Å². The van der Waals surface area contributed by atoms with E-state index < -0.39 is 5.83 Å². The standard InChI is InChI=1S/C10H9FO/c1-8(11)10(7-12)9-5-3-2-4-6-9/h2-7H,1H3. The lowest BCUT2D eigenvalue weighted by Crippen LogP contribution is -1.86. The van der Waals surface area contributed by atoms with Crippen LogP contribution in [-0.2, 0) is 4.79 Å². The van der Waals surface area contributed by atoms with E-state index in [0.717, 1.165) is 0 Å². The molecule has 0 aliphatic carbocycles. The lowest BCUT2D eigenvalue weighted by atomic mass is 10.1. The molecule has 0 saturated carbocycles. The van der Waals surface area contributed by atoms with E-state index in [9.17, 15) is 9.18 Å². The normalized spacial score (nSPS) is 12.2. The molecule has 0 heterocycles. The topological polar surface area (TPSA) is 17.1 Å².